The van der Waals surface area contributed by atoms with E-state index in [2.05, 4.69) is 26.2 Å². The summed E-state index contributed by atoms with van der Waals surface area (Å²) in [6.07, 6.45) is 1.75. The molecule has 5 heteroatoms. The van der Waals surface area contributed by atoms with E-state index in [0.717, 1.165) is 15.9 Å². The summed E-state index contributed by atoms with van der Waals surface area (Å²) >= 11 is 9.14. The van der Waals surface area contributed by atoms with Crippen LogP contribution in [0.15, 0.2) is 41.0 Å². The normalized spacial score (nSPS) is 10.2. The molecule has 2 aromatic rings. The summed E-state index contributed by atoms with van der Waals surface area (Å²) in [6.45, 7) is 0.606. The second-order valence-corrected chi connectivity index (χ2v) is 4.81. The van der Waals surface area contributed by atoms with Gasteiger partial charge in [0.05, 0.1) is 17.3 Å². The summed E-state index contributed by atoms with van der Waals surface area (Å²) in [5.41, 5.74) is 1.77. The van der Waals surface area contributed by atoms with Crippen LogP contribution < -0.4 is 5.32 Å². The topological polar surface area (TPSA) is 45.1 Å². The Hall–Kier alpha value is -1.26. The van der Waals surface area contributed by atoms with Gasteiger partial charge in [0.25, 0.3) is 0 Å². The van der Waals surface area contributed by atoms with Crippen molar-refractivity contribution in [1.82, 2.24) is 4.98 Å². The second-order valence-electron chi connectivity index (χ2n) is 3.49. The number of hydrogen-bond donors (Lipinski definition) is 2. The third-order valence-corrected chi connectivity index (χ3v) is 2.98. The zero-order valence-corrected chi connectivity index (χ0v) is 11.2. The van der Waals surface area contributed by atoms with Crippen LogP contribution in [0.4, 0.5) is 5.69 Å². The molecular weight excluding hydrogens is 304 g/mol. The minimum atomic E-state index is 0.0824. The second kappa shape index (κ2) is 5.38. The van der Waals surface area contributed by atoms with Gasteiger partial charge in [-0.05, 0) is 46.3 Å². The number of aromatic hydroxyl groups is 1. The zero-order valence-electron chi connectivity index (χ0n) is 8.82. The molecule has 3 nitrogen and oxygen atoms in total. The van der Waals surface area contributed by atoms with Crippen LogP contribution in [0.2, 0.25) is 5.02 Å². The zero-order chi connectivity index (χ0) is 12.3. The molecule has 0 unspecified atom stereocenters. The number of rotatable bonds is 3. The van der Waals surface area contributed by atoms with Crippen LogP contribution in [0.1, 0.15) is 5.69 Å². The molecule has 1 heterocycles. The number of hydrogen-bond acceptors (Lipinski definition) is 3. The largest absolute Gasteiger partial charge is 0.506 e. The lowest BCUT2D eigenvalue weighted by atomic mass is 10.3. The summed E-state index contributed by atoms with van der Waals surface area (Å²) in [7, 11) is 0. The maximum absolute atomic E-state index is 9.28. The van der Waals surface area contributed by atoms with Crippen molar-refractivity contribution in [3.05, 3.63) is 51.7 Å². The molecule has 0 radical (unpaired) electrons. The third-order valence-electron chi connectivity index (χ3n) is 2.21. The lowest BCUT2D eigenvalue weighted by molar-refractivity contribution is 0.475. The first-order valence-electron chi connectivity index (χ1n) is 4.98. The molecule has 88 valence electrons. The van der Waals surface area contributed by atoms with Crippen molar-refractivity contribution in [2.24, 2.45) is 0 Å². The quantitative estimate of drug-likeness (QED) is 0.847. The minimum Gasteiger partial charge on any atom is -0.506 e. The molecule has 2 N–H and O–H groups in total. The first kappa shape index (κ1) is 12.2. The number of aromatic nitrogens is 1. The Bertz CT molecular complexity index is 516. The standard InChI is InChI=1S/C12H10BrClN2O/c13-8-1-2-10(15-6-8)7-16-9-3-4-12(17)11(14)5-9/h1-6,16-17H,7H2. The fraction of sp³-hybridized carbons (Fsp3) is 0.0833. The van der Waals surface area contributed by atoms with Crippen LogP contribution >= 0.6 is 27.5 Å². The number of benzene rings is 1. The van der Waals surface area contributed by atoms with E-state index >= 15 is 0 Å². The number of phenols is 1. The number of pyridine rings is 1. The Balaban J connectivity index is 2.02. The van der Waals surface area contributed by atoms with Crippen molar-refractivity contribution in [2.45, 2.75) is 6.54 Å². The van der Waals surface area contributed by atoms with E-state index in [9.17, 15) is 5.11 Å². The Morgan fingerprint density at radius 3 is 2.76 bits per heavy atom. The molecule has 0 aliphatic rings. The van der Waals surface area contributed by atoms with Gasteiger partial charge in [0, 0.05) is 16.4 Å². The Labute approximate surface area is 113 Å². The summed E-state index contributed by atoms with van der Waals surface area (Å²) < 4.78 is 0.953. The highest BCUT2D eigenvalue weighted by atomic mass is 79.9. The van der Waals surface area contributed by atoms with Gasteiger partial charge in [0.1, 0.15) is 5.75 Å². The van der Waals surface area contributed by atoms with Crippen LogP contribution in [-0.2, 0) is 6.54 Å². The highest BCUT2D eigenvalue weighted by molar-refractivity contribution is 9.10. The van der Waals surface area contributed by atoms with E-state index in [4.69, 9.17) is 11.6 Å². The SMILES string of the molecule is Oc1ccc(NCc2ccc(Br)cn2)cc1Cl. The Morgan fingerprint density at radius 2 is 2.12 bits per heavy atom. The average molecular weight is 314 g/mol. The molecule has 0 amide bonds. The summed E-state index contributed by atoms with van der Waals surface area (Å²) in [6, 6.07) is 8.86. The van der Waals surface area contributed by atoms with E-state index in [-0.39, 0.29) is 5.75 Å². The van der Waals surface area contributed by atoms with E-state index in [1.54, 1.807) is 24.4 Å². The van der Waals surface area contributed by atoms with E-state index in [1.807, 2.05) is 12.1 Å². The lowest BCUT2D eigenvalue weighted by Crippen LogP contribution is -2.01. The van der Waals surface area contributed by atoms with E-state index in [0.29, 0.717) is 11.6 Å². The van der Waals surface area contributed by atoms with Gasteiger partial charge in [-0.15, -0.1) is 0 Å². The highest BCUT2D eigenvalue weighted by Gasteiger charge is 2.00. The number of nitrogens with one attached hydrogen (secondary N) is 1. The molecule has 0 aliphatic carbocycles. The predicted octanol–water partition coefficient (Wildman–Crippen LogP) is 3.82. The Kier molecular flexibility index (Phi) is 3.86. The van der Waals surface area contributed by atoms with Crippen molar-refractivity contribution in [3.63, 3.8) is 0 Å². The average Bonchev–Trinajstić information content (AvgIpc) is 2.33. The minimum absolute atomic E-state index is 0.0824. The van der Waals surface area contributed by atoms with Crippen molar-refractivity contribution in [1.29, 1.82) is 0 Å². The van der Waals surface area contributed by atoms with Crippen molar-refractivity contribution >= 4 is 33.2 Å². The van der Waals surface area contributed by atoms with Crippen LogP contribution in [0, 0.1) is 0 Å². The third kappa shape index (κ3) is 3.35. The molecule has 0 bridgehead atoms. The molecule has 0 spiro atoms. The molecule has 2 rings (SSSR count). The summed E-state index contributed by atoms with van der Waals surface area (Å²) in [4.78, 5) is 4.24. The molecule has 0 saturated heterocycles. The van der Waals surface area contributed by atoms with Crippen LogP contribution in [0.5, 0.6) is 5.75 Å². The first-order chi connectivity index (χ1) is 8.15. The van der Waals surface area contributed by atoms with Crippen LogP contribution in [0.3, 0.4) is 0 Å². The molecule has 0 saturated carbocycles. The van der Waals surface area contributed by atoms with Gasteiger partial charge in [-0.1, -0.05) is 11.6 Å². The van der Waals surface area contributed by atoms with Gasteiger partial charge in [-0.3, -0.25) is 4.98 Å². The van der Waals surface area contributed by atoms with Crippen molar-refractivity contribution in [3.8, 4) is 5.75 Å². The number of halogens is 2. The van der Waals surface area contributed by atoms with Gasteiger partial charge in [-0.25, -0.2) is 0 Å². The van der Waals surface area contributed by atoms with Crippen LogP contribution in [-0.4, -0.2) is 10.1 Å². The maximum Gasteiger partial charge on any atom is 0.134 e. The monoisotopic (exact) mass is 312 g/mol. The molecule has 0 fully saturated rings. The van der Waals surface area contributed by atoms with Gasteiger partial charge < -0.3 is 10.4 Å². The summed E-state index contributed by atoms with van der Waals surface area (Å²) in [5, 5.41) is 12.8. The smallest absolute Gasteiger partial charge is 0.134 e. The maximum atomic E-state index is 9.28. The van der Waals surface area contributed by atoms with E-state index < -0.39 is 0 Å². The van der Waals surface area contributed by atoms with Gasteiger partial charge >= 0.3 is 0 Å². The lowest BCUT2D eigenvalue weighted by Gasteiger charge is -2.07. The molecule has 1 aromatic carbocycles. The number of nitrogens with zero attached hydrogens (tertiary/aromatic N) is 1. The van der Waals surface area contributed by atoms with Crippen LogP contribution in [0.25, 0.3) is 0 Å². The fourth-order valence-electron chi connectivity index (χ4n) is 1.32. The summed E-state index contributed by atoms with van der Waals surface area (Å²) in [5.74, 6) is 0.0824. The van der Waals surface area contributed by atoms with Crippen molar-refractivity contribution < 1.29 is 5.11 Å². The number of phenolic OH excluding ortho intramolecular Hbond substituents is 1. The number of anilines is 1. The predicted molar refractivity (Wildman–Crippen MR) is 72.4 cm³/mol. The highest BCUT2D eigenvalue weighted by Crippen LogP contribution is 2.26. The molecule has 0 aliphatic heterocycles. The molecule has 0 atom stereocenters. The van der Waals surface area contributed by atoms with Gasteiger partial charge in [0.2, 0.25) is 0 Å². The van der Waals surface area contributed by atoms with Gasteiger partial charge in [0.15, 0.2) is 0 Å². The van der Waals surface area contributed by atoms with E-state index in [1.165, 1.54) is 0 Å². The molecule has 17 heavy (non-hydrogen) atoms. The fourth-order valence-corrected chi connectivity index (χ4v) is 1.74. The molecule has 1 aromatic heterocycles. The van der Waals surface area contributed by atoms with Gasteiger partial charge in [-0.2, -0.15) is 0 Å². The van der Waals surface area contributed by atoms with Crippen molar-refractivity contribution in [2.75, 3.05) is 5.32 Å². The first-order valence-corrected chi connectivity index (χ1v) is 6.15. The molecular formula is C12H10BrClN2O. The Morgan fingerprint density at radius 1 is 1.29 bits per heavy atom.